The topological polar surface area (TPSA) is 53.1 Å². The lowest BCUT2D eigenvalue weighted by Gasteiger charge is -2.25. The molecule has 0 saturated carbocycles. The Morgan fingerprint density at radius 1 is 1.25 bits per heavy atom. The molecule has 2 rings (SSSR count). The molecule has 0 atom stereocenters. The number of rotatable bonds is 4. The summed E-state index contributed by atoms with van der Waals surface area (Å²) in [6, 6.07) is 13.8. The van der Waals surface area contributed by atoms with Crippen molar-refractivity contribution in [1.29, 1.82) is 5.41 Å². The number of para-hydroxylation sites is 1. The van der Waals surface area contributed by atoms with Crippen LogP contribution in [0, 0.1) is 12.3 Å². The second-order valence-electron chi connectivity index (χ2n) is 4.61. The minimum atomic E-state index is -0.0134. The number of nitrogens with one attached hydrogen (secondary N) is 1. The highest BCUT2D eigenvalue weighted by atomic mass is 35.5. The van der Waals surface area contributed by atoms with Gasteiger partial charge in [0.05, 0.1) is 5.02 Å². The maximum atomic E-state index is 7.48. The summed E-state index contributed by atoms with van der Waals surface area (Å²) >= 11 is 6.21. The fourth-order valence-electron chi connectivity index (χ4n) is 2.25. The third-order valence-corrected chi connectivity index (χ3v) is 3.59. The van der Waals surface area contributed by atoms with E-state index in [9.17, 15) is 0 Å². The van der Waals surface area contributed by atoms with Gasteiger partial charge in [0, 0.05) is 23.5 Å². The third kappa shape index (κ3) is 2.78. The van der Waals surface area contributed by atoms with Crippen LogP contribution < -0.4 is 10.6 Å². The third-order valence-electron chi connectivity index (χ3n) is 3.28. The van der Waals surface area contributed by atoms with Crippen molar-refractivity contribution in [1.82, 2.24) is 0 Å². The molecular formula is C16H18ClN3. The lowest BCUT2D eigenvalue weighted by Crippen LogP contribution is -2.18. The van der Waals surface area contributed by atoms with Crippen LogP contribution in [-0.4, -0.2) is 12.4 Å². The number of nitrogen functional groups attached to an aromatic ring is 1. The Hall–Kier alpha value is -2.00. The average molecular weight is 288 g/mol. The van der Waals surface area contributed by atoms with Crippen LogP contribution in [0.3, 0.4) is 0 Å². The lowest BCUT2D eigenvalue weighted by molar-refractivity contribution is 1.02. The first-order chi connectivity index (χ1) is 9.54. The fourth-order valence-corrected chi connectivity index (χ4v) is 2.53. The van der Waals surface area contributed by atoms with E-state index < -0.39 is 0 Å². The molecule has 0 heterocycles. The van der Waals surface area contributed by atoms with Crippen molar-refractivity contribution < 1.29 is 0 Å². The molecule has 3 nitrogen and oxygen atoms in total. The number of hydrogen-bond acceptors (Lipinski definition) is 2. The SMILES string of the molecule is CCN(c1ccc(C(=N)N)c(Cl)c1)c1ccccc1C. The Labute approximate surface area is 124 Å². The van der Waals surface area contributed by atoms with Gasteiger partial charge in [-0.25, -0.2) is 0 Å². The zero-order valence-corrected chi connectivity index (χ0v) is 12.4. The van der Waals surface area contributed by atoms with Gasteiger partial charge in [-0.15, -0.1) is 0 Å². The number of nitrogens with two attached hydrogens (primary N) is 1. The van der Waals surface area contributed by atoms with Crippen LogP contribution in [0.5, 0.6) is 0 Å². The molecule has 0 bridgehead atoms. The minimum Gasteiger partial charge on any atom is -0.384 e. The van der Waals surface area contributed by atoms with Crippen molar-refractivity contribution in [3.63, 3.8) is 0 Å². The summed E-state index contributed by atoms with van der Waals surface area (Å²) < 4.78 is 0. The van der Waals surface area contributed by atoms with Gasteiger partial charge in [-0.3, -0.25) is 5.41 Å². The Balaban J connectivity index is 2.46. The summed E-state index contributed by atoms with van der Waals surface area (Å²) in [5.74, 6) is -0.0134. The molecule has 0 aliphatic carbocycles. The molecule has 0 radical (unpaired) electrons. The summed E-state index contributed by atoms with van der Waals surface area (Å²) in [5, 5.41) is 7.98. The van der Waals surface area contributed by atoms with Crippen molar-refractivity contribution in [2.75, 3.05) is 11.4 Å². The van der Waals surface area contributed by atoms with Gasteiger partial charge in [0.1, 0.15) is 5.84 Å². The van der Waals surface area contributed by atoms with Gasteiger partial charge >= 0.3 is 0 Å². The van der Waals surface area contributed by atoms with E-state index in [0.29, 0.717) is 10.6 Å². The van der Waals surface area contributed by atoms with E-state index in [4.69, 9.17) is 22.7 Å². The van der Waals surface area contributed by atoms with Crippen molar-refractivity contribution in [2.24, 2.45) is 5.73 Å². The summed E-state index contributed by atoms with van der Waals surface area (Å²) in [4.78, 5) is 2.19. The Kier molecular flexibility index (Phi) is 4.30. The van der Waals surface area contributed by atoms with Crippen LogP contribution in [0.2, 0.25) is 5.02 Å². The van der Waals surface area contributed by atoms with Crippen LogP contribution in [0.15, 0.2) is 42.5 Å². The summed E-state index contributed by atoms with van der Waals surface area (Å²) in [6.45, 7) is 5.02. The summed E-state index contributed by atoms with van der Waals surface area (Å²) in [5.41, 5.74) is 9.42. The van der Waals surface area contributed by atoms with E-state index in [1.54, 1.807) is 6.07 Å². The molecule has 2 aromatic carbocycles. The van der Waals surface area contributed by atoms with Gasteiger partial charge in [-0.2, -0.15) is 0 Å². The highest BCUT2D eigenvalue weighted by Gasteiger charge is 2.12. The van der Waals surface area contributed by atoms with Gasteiger partial charge in [0.25, 0.3) is 0 Å². The largest absolute Gasteiger partial charge is 0.384 e. The van der Waals surface area contributed by atoms with Crippen molar-refractivity contribution in [3.8, 4) is 0 Å². The summed E-state index contributed by atoms with van der Waals surface area (Å²) in [7, 11) is 0. The predicted molar refractivity (Wildman–Crippen MR) is 86.3 cm³/mol. The van der Waals surface area contributed by atoms with Gasteiger partial charge in [-0.1, -0.05) is 29.8 Å². The van der Waals surface area contributed by atoms with Gasteiger partial charge < -0.3 is 10.6 Å². The number of anilines is 2. The van der Waals surface area contributed by atoms with E-state index >= 15 is 0 Å². The van der Waals surface area contributed by atoms with Crippen molar-refractivity contribution >= 4 is 28.8 Å². The van der Waals surface area contributed by atoms with Crippen LogP contribution >= 0.6 is 11.6 Å². The molecular weight excluding hydrogens is 270 g/mol. The number of benzene rings is 2. The van der Waals surface area contributed by atoms with E-state index in [1.807, 2.05) is 24.3 Å². The quantitative estimate of drug-likeness (QED) is 0.657. The number of aryl methyl sites for hydroxylation is 1. The second kappa shape index (κ2) is 5.97. The molecule has 3 N–H and O–H groups in total. The zero-order chi connectivity index (χ0) is 14.7. The van der Waals surface area contributed by atoms with Crippen LogP contribution in [0.1, 0.15) is 18.1 Å². The minimum absolute atomic E-state index is 0.0134. The van der Waals surface area contributed by atoms with Gasteiger partial charge in [0.2, 0.25) is 0 Å². The molecule has 0 unspecified atom stereocenters. The van der Waals surface area contributed by atoms with Crippen LogP contribution in [0.25, 0.3) is 0 Å². The Morgan fingerprint density at radius 2 is 1.95 bits per heavy atom. The molecule has 104 valence electrons. The molecule has 2 aromatic rings. The van der Waals surface area contributed by atoms with Crippen molar-refractivity contribution in [3.05, 3.63) is 58.6 Å². The molecule has 0 saturated heterocycles. The fraction of sp³-hybridized carbons (Fsp3) is 0.188. The number of nitrogens with zero attached hydrogens (tertiary/aromatic N) is 1. The van der Waals surface area contributed by atoms with Crippen LogP contribution in [0.4, 0.5) is 11.4 Å². The smallest absolute Gasteiger partial charge is 0.124 e. The molecule has 0 fully saturated rings. The van der Waals surface area contributed by atoms with E-state index in [0.717, 1.165) is 17.9 Å². The first-order valence-corrected chi connectivity index (χ1v) is 6.89. The predicted octanol–water partition coefficient (Wildman–Crippen LogP) is 4.09. The lowest BCUT2D eigenvalue weighted by atomic mass is 10.1. The highest BCUT2D eigenvalue weighted by Crippen LogP contribution is 2.30. The molecule has 0 aliphatic rings. The maximum absolute atomic E-state index is 7.48. The maximum Gasteiger partial charge on any atom is 0.124 e. The second-order valence-corrected chi connectivity index (χ2v) is 5.02. The standard InChI is InChI=1S/C16H18ClN3/c1-3-20(15-7-5-4-6-11(15)2)12-8-9-13(16(18)19)14(17)10-12/h4-10H,3H2,1-2H3,(H3,18,19). The highest BCUT2D eigenvalue weighted by molar-refractivity contribution is 6.34. The average Bonchev–Trinajstić information content (AvgIpc) is 2.41. The Morgan fingerprint density at radius 3 is 2.50 bits per heavy atom. The molecule has 4 heteroatoms. The monoisotopic (exact) mass is 287 g/mol. The normalized spacial score (nSPS) is 10.3. The summed E-state index contributed by atoms with van der Waals surface area (Å²) in [6.07, 6.45) is 0. The first-order valence-electron chi connectivity index (χ1n) is 6.51. The van der Waals surface area contributed by atoms with E-state index in [1.165, 1.54) is 5.56 Å². The molecule has 20 heavy (non-hydrogen) atoms. The number of amidine groups is 1. The molecule has 0 amide bonds. The molecule has 0 aliphatic heterocycles. The zero-order valence-electron chi connectivity index (χ0n) is 11.7. The molecule has 0 spiro atoms. The van der Waals surface area contributed by atoms with Gasteiger partial charge in [0.15, 0.2) is 0 Å². The number of halogens is 1. The van der Waals surface area contributed by atoms with E-state index in [-0.39, 0.29) is 5.84 Å². The molecule has 0 aromatic heterocycles. The number of hydrogen-bond donors (Lipinski definition) is 2. The van der Waals surface area contributed by atoms with E-state index in [2.05, 4.69) is 30.9 Å². The van der Waals surface area contributed by atoms with Crippen LogP contribution in [-0.2, 0) is 0 Å². The Bertz CT molecular complexity index is 637. The van der Waals surface area contributed by atoms with Crippen molar-refractivity contribution in [2.45, 2.75) is 13.8 Å². The first kappa shape index (κ1) is 14.4. The van der Waals surface area contributed by atoms with Gasteiger partial charge in [-0.05, 0) is 43.7 Å².